The van der Waals surface area contributed by atoms with E-state index in [4.69, 9.17) is 0 Å². The molecule has 0 aromatic carbocycles. The van der Waals surface area contributed by atoms with Crippen LogP contribution in [0.5, 0.6) is 0 Å². The van der Waals surface area contributed by atoms with Gasteiger partial charge in [-0.05, 0) is 44.9 Å². The first kappa shape index (κ1) is 10.4. The summed E-state index contributed by atoms with van der Waals surface area (Å²) in [6.07, 6.45) is 3.84. The van der Waals surface area contributed by atoms with Crippen LogP contribution >= 0.6 is 0 Å². The van der Waals surface area contributed by atoms with Gasteiger partial charge in [-0.1, -0.05) is 6.07 Å². The molecule has 2 rings (SSSR count). The Hall–Kier alpha value is -1.09. The number of anilines is 1. The molecule has 0 bridgehead atoms. The molecule has 2 N–H and O–H groups in total. The summed E-state index contributed by atoms with van der Waals surface area (Å²) in [5.41, 5.74) is 1.07. The van der Waals surface area contributed by atoms with Crippen molar-refractivity contribution >= 4 is 5.82 Å². The Kier molecular flexibility index (Phi) is 3.56. The maximum Gasteiger partial charge on any atom is 0.126 e. The predicted molar refractivity (Wildman–Crippen MR) is 63.1 cm³/mol. The highest BCUT2D eigenvalue weighted by Gasteiger charge is 2.12. The van der Waals surface area contributed by atoms with Crippen molar-refractivity contribution < 1.29 is 0 Å². The SMILES string of the molecule is Cc1cccc(NCC[C@@H]2CCCN2)n1. The van der Waals surface area contributed by atoms with Crippen LogP contribution in [0.15, 0.2) is 18.2 Å². The number of rotatable bonds is 4. The van der Waals surface area contributed by atoms with Gasteiger partial charge in [0.2, 0.25) is 0 Å². The van der Waals surface area contributed by atoms with E-state index in [1.807, 2.05) is 25.1 Å². The maximum atomic E-state index is 4.41. The van der Waals surface area contributed by atoms with E-state index < -0.39 is 0 Å². The van der Waals surface area contributed by atoms with Crippen LogP contribution in [-0.4, -0.2) is 24.1 Å². The molecule has 0 spiro atoms. The highest BCUT2D eigenvalue weighted by Crippen LogP contribution is 2.09. The molecule has 82 valence electrons. The second-order valence-corrected chi connectivity index (χ2v) is 4.17. The fourth-order valence-electron chi connectivity index (χ4n) is 2.02. The molecule has 15 heavy (non-hydrogen) atoms. The monoisotopic (exact) mass is 205 g/mol. The molecule has 1 saturated heterocycles. The molecule has 3 heteroatoms. The molecule has 0 amide bonds. The van der Waals surface area contributed by atoms with Crippen molar-refractivity contribution in [1.29, 1.82) is 0 Å². The number of aromatic nitrogens is 1. The van der Waals surface area contributed by atoms with Gasteiger partial charge in [0.15, 0.2) is 0 Å². The average Bonchev–Trinajstić information content (AvgIpc) is 2.71. The number of hydrogen-bond acceptors (Lipinski definition) is 3. The Morgan fingerprint density at radius 2 is 2.47 bits per heavy atom. The Bertz CT molecular complexity index is 305. The van der Waals surface area contributed by atoms with Crippen molar-refractivity contribution in [2.45, 2.75) is 32.2 Å². The molecule has 0 unspecified atom stereocenters. The highest BCUT2D eigenvalue weighted by molar-refractivity contribution is 5.34. The van der Waals surface area contributed by atoms with E-state index in [2.05, 4.69) is 15.6 Å². The van der Waals surface area contributed by atoms with Gasteiger partial charge in [-0.2, -0.15) is 0 Å². The molecular formula is C12H19N3. The third-order valence-corrected chi connectivity index (χ3v) is 2.85. The van der Waals surface area contributed by atoms with Crippen molar-refractivity contribution in [2.24, 2.45) is 0 Å². The van der Waals surface area contributed by atoms with Crippen LogP contribution in [0.25, 0.3) is 0 Å². The normalized spacial score (nSPS) is 20.5. The van der Waals surface area contributed by atoms with E-state index in [-0.39, 0.29) is 0 Å². The van der Waals surface area contributed by atoms with Crippen LogP contribution in [-0.2, 0) is 0 Å². The summed E-state index contributed by atoms with van der Waals surface area (Å²) >= 11 is 0. The van der Waals surface area contributed by atoms with Gasteiger partial charge < -0.3 is 10.6 Å². The zero-order chi connectivity index (χ0) is 10.5. The molecule has 2 heterocycles. The summed E-state index contributed by atoms with van der Waals surface area (Å²) in [6.45, 7) is 4.21. The third kappa shape index (κ3) is 3.20. The van der Waals surface area contributed by atoms with Gasteiger partial charge in [-0.3, -0.25) is 0 Å². The van der Waals surface area contributed by atoms with E-state index in [1.165, 1.54) is 25.8 Å². The largest absolute Gasteiger partial charge is 0.370 e. The van der Waals surface area contributed by atoms with Crippen LogP contribution in [0, 0.1) is 6.92 Å². The first-order valence-corrected chi connectivity index (χ1v) is 5.75. The smallest absolute Gasteiger partial charge is 0.126 e. The molecular weight excluding hydrogens is 186 g/mol. The summed E-state index contributed by atoms with van der Waals surface area (Å²) in [5, 5.41) is 6.86. The van der Waals surface area contributed by atoms with Crippen molar-refractivity contribution in [2.75, 3.05) is 18.4 Å². The van der Waals surface area contributed by atoms with Crippen LogP contribution in [0.2, 0.25) is 0 Å². The van der Waals surface area contributed by atoms with E-state index in [0.29, 0.717) is 6.04 Å². The molecule has 1 fully saturated rings. The lowest BCUT2D eigenvalue weighted by atomic mass is 10.1. The summed E-state index contributed by atoms with van der Waals surface area (Å²) in [6, 6.07) is 6.79. The predicted octanol–water partition coefficient (Wildman–Crippen LogP) is 1.94. The zero-order valence-electron chi connectivity index (χ0n) is 9.29. The van der Waals surface area contributed by atoms with Crippen LogP contribution in [0.3, 0.4) is 0 Å². The minimum atomic E-state index is 0.710. The van der Waals surface area contributed by atoms with E-state index in [0.717, 1.165) is 18.1 Å². The lowest BCUT2D eigenvalue weighted by molar-refractivity contribution is 0.574. The Balaban J connectivity index is 1.73. The summed E-state index contributed by atoms with van der Waals surface area (Å²) in [7, 11) is 0. The minimum Gasteiger partial charge on any atom is -0.370 e. The van der Waals surface area contributed by atoms with E-state index in [1.54, 1.807) is 0 Å². The molecule has 1 atom stereocenters. The van der Waals surface area contributed by atoms with Crippen molar-refractivity contribution in [1.82, 2.24) is 10.3 Å². The number of nitrogens with zero attached hydrogens (tertiary/aromatic N) is 1. The number of hydrogen-bond donors (Lipinski definition) is 2. The average molecular weight is 205 g/mol. The lowest BCUT2D eigenvalue weighted by Crippen LogP contribution is -2.24. The van der Waals surface area contributed by atoms with Crippen LogP contribution < -0.4 is 10.6 Å². The topological polar surface area (TPSA) is 37.0 Å². The number of nitrogens with one attached hydrogen (secondary N) is 2. The molecule has 0 radical (unpaired) electrons. The first-order chi connectivity index (χ1) is 7.34. The third-order valence-electron chi connectivity index (χ3n) is 2.85. The zero-order valence-corrected chi connectivity index (χ0v) is 9.29. The number of pyridine rings is 1. The Morgan fingerprint density at radius 1 is 1.53 bits per heavy atom. The van der Waals surface area contributed by atoms with Gasteiger partial charge in [-0.15, -0.1) is 0 Å². The molecule has 0 saturated carbocycles. The number of aryl methyl sites for hydroxylation is 1. The molecule has 1 aliphatic heterocycles. The molecule has 1 aliphatic rings. The summed E-state index contributed by atoms with van der Waals surface area (Å²) in [4.78, 5) is 4.41. The highest BCUT2D eigenvalue weighted by atomic mass is 15.0. The standard InChI is InChI=1S/C12H19N3/c1-10-4-2-6-12(15-10)14-9-7-11-5-3-8-13-11/h2,4,6,11,13H,3,5,7-9H2,1H3,(H,14,15)/t11-/m0/s1. The van der Waals surface area contributed by atoms with Gasteiger partial charge in [-0.25, -0.2) is 4.98 Å². The van der Waals surface area contributed by atoms with Crippen molar-refractivity contribution in [3.63, 3.8) is 0 Å². The minimum absolute atomic E-state index is 0.710. The van der Waals surface area contributed by atoms with Crippen molar-refractivity contribution in [3.8, 4) is 0 Å². The van der Waals surface area contributed by atoms with Crippen molar-refractivity contribution in [3.05, 3.63) is 23.9 Å². The molecule has 1 aromatic rings. The van der Waals surface area contributed by atoms with Gasteiger partial charge in [0.25, 0.3) is 0 Å². The van der Waals surface area contributed by atoms with Crippen LogP contribution in [0.1, 0.15) is 25.0 Å². The fourth-order valence-corrected chi connectivity index (χ4v) is 2.02. The quantitative estimate of drug-likeness (QED) is 0.789. The molecule has 3 nitrogen and oxygen atoms in total. The van der Waals surface area contributed by atoms with Gasteiger partial charge in [0, 0.05) is 18.3 Å². The Labute approximate surface area is 91.3 Å². The summed E-state index contributed by atoms with van der Waals surface area (Å²) < 4.78 is 0. The lowest BCUT2D eigenvalue weighted by Gasteiger charge is -2.11. The Morgan fingerprint density at radius 3 is 3.20 bits per heavy atom. The van der Waals surface area contributed by atoms with E-state index in [9.17, 15) is 0 Å². The fraction of sp³-hybridized carbons (Fsp3) is 0.583. The first-order valence-electron chi connectivity index (χ1n) is 5.75. The summed E-state index contributed by atoms with van der Waals surface area (Å²) in [5.74, 6) is 0.994. The van der Waals surface area contributed by atoms with Gasteiger partial charge >= 0.3 is 0 Å². The second-order valence-electron chi connectivity index (χ2n) is 4.17. The second kappa shape index (κ2) is 5.12. The van der Waals surface area contributed by atoms with Gasteiger partial charge in [0.05, 0.1) is 0 Å². The molecule has 0 aliphatic carbocycles. The van der Waals surface area contributed by atoms with Gasteiger partial charge in [0.1, 0.15) is 5.82 Å². The molecule has 1 aromatic heterocycles. The van der Waals surface area contributed by atoms with E-state index >= 15 is 0 Å². The van der Waals surface area contributed by atoms with Crippen LogP contribution in [0.4, 0.5) is 5.82 Å². The maximum absolute atomic E-state index is 4.41.